The van der Waals surface area contributed by atoms with Crippen molar-refractivity contribution < 1.29 is 0 Å². The third-order valence-electron chi connectivity index (χ3n) is 2.42. The van der Waals surface area contributed by atoms with Crippen molar-refractivity contribution in [2.45, 2.75) is 6.54 Å². The van der Waals surface area contributed by atoms with Crippen molar-refractivity contribution in [3.63, 3.8) is 0 Å². The Bertz CT molecular complexity index is 545. The van der Waals surface area contributed by atoms with Crippen molar-refractivity contribution in [1.82, 2.24) is 15.4 Å². The molecule has 0 unspecified atom stereocenters. The third-order valence-corrected chi connectivity index (χ3v) is 2.42. The highest BCUT2D eigenvalue weighted by atomic mass is 16.1. The number of H-pyrrole nitrogens is 1. The third kappa shape index (κ3) is 2.29. The van der Waals surface area contributed by atoms with Crippen LogP contribution in [0.25, 0.3) is 10.9 Å². The minimum Gasteiger partial charge on any atom is -0.322 e. The van der Waals surface area contributed by atoms with Gasteiger partial charge < -0.3 is 4.98 Å². The Balaban J connectivity index is 2.38. The van der Waals surface area contributed by atoms with Gasteiger partial charge in [-0.25, -0.2) is 0 Å². The minimum atomic E-state index is -0.0342. The zero-order chi connectivity index (χ0) is 11.5. The highest BCUT2D eigenvalue weighted by molar-refractivity contribution is 5.78. The van der Waals surface area contributed by atoms with Gasteiger partial charge in [0.05, 0.1) is 0 Å². The average Bonchev–Trinajstić information content (AvgIpc) is 2.26. The van der Waals surface area contributed by atoms with Crippen LogP contribution in [0.2, 0.25) is 0 Å². The van der Waals surface area contributed by atoms with E-state index in [9.17, 15) is 4.79 Å². The number of pyridine rings is 1. The van der Waals surface area contributed by atoms with Gasteiger partial charge in [-0.05, 0) is 17.5 Å². The summed E-state index contributed by atoms with van der Waals surface area (Å²) in [6.07, 6.45) is 0. The summed E-state index contributed by atoms with van der Waals surface area (Å²) in [5.41, 5.74) is 4.67. The van der Waals surface area contributed by atoms with Crippen LogP contribution in [-0.4, -0.2) is 24.1 Å². The van der Waals surface area contributed by atoms with Gasteiger partial charge in [0.25, 0.3) is 5.56 Å². The monoisotopic (exact) mass is 217 g/mol. The summed E-state index contributed by atoms with van der Waals surface area (Å²) in [7, 11) is 3.80. The lowest BCUT2D eigenvalue weighted by Crippen LogP contribution is -2.32. The molecule has 1 aromatic heterocycles. The second-order valence-corrected chi connectivity index (χ2v) is 3.94. The first-order chi connectivity index (χ1) is 7.66. The Labute approximate surface area is 93.9 Å². The van der Waals surface area contributed by atoms with Gasteiger partial charge in [0.15, 0.2) is 0 Å². The largest absolute Gasteiger partial charge is 0.322 e. The van der Waals surface area contributed by atoms with Crippen LogP contribution in [-0.2, 0) is 6.54 Å². The molecule has 0 saturated heterocycles. The highest BCUT2D eigenvalue weighted by Crippen LogP contribution is 2.09. The van der Waals surface area contributed by atoms with Gasteiger partial charge in [0.2, 0.25) is 0 Å². The quantitative estimate of drug-likeness (QED) is 0.757. The van der Waals surface area contributed by atoms with Crippen LogP contribution in [0, 0.1) is 0 Å². The Morgan fingerprint density at radius 3 is 2.81 bits per heavy atom. The normalized spacial score (nSPS) is 11.2. The molecule has 16 heavy (non-hydrogen) atoms. The topological polar surface area (TPSA) is 48.1 Å². The summed E-state index contributed by atoms with van der Waals surface area (Å²) in [4.78, 5) is 14.6. The molecule has 1 heterocycles. The molecule has 2 aromatic rings. The molecule has 0 radical (unpaired) electrons. The number of hydrogen-bond donors (Lipinski definition) is 2. The van der Waals surface area contributed by atoms with Crippen molar-refractivity contribution in [2.24, 2.45) is 0 Å². The van der Waals surface area contributed by atoms with Crippen molar-refractivity contribution in [3.05, 3.63) is 46.2 Å². The number of hydrazine groups is 1. The summed E-state index contributed by atoms with van der Waals surface area (Å²) in [5, 5.41) is 2.88. The molecular weight excluding hydrogens is 202 g/mol. The Morgan fingerprint density at radius 1 is 1.31 bits per heavy atom. The number of rotatable bonds is 3. The first-order valence-electron chi connectivity index (χ1n) is 5.18. The van der Waals surface area contributed by atoms with Gasteiger partial charge in [-0.1, -0.05) is 18.2 Å². The van der Waals surface area contributed by atoms with Gasteiger partial charge in [0, 0.05) is 31.7 Å². The van der Waals surface area contributed by atoms with E-state index in [4.69, 9.17) is 0 Å². The molecule has 0 aliphatic heterocycles. The zero-order valence-electron chi connectivity index (χ0n) is 9.45. The van der Waals surface area contributed by atoms with E-state index in [1.807, 2.05) is 49.4 Å². The Kier molecular flexibility index (Phi) is 3.03. The van der Waals surface area contributed by atoms with E-state index in [0.29, 0.717) is 6.54 Å². The van der Waals surface area contributed by atoms with Gasteiger partial charge >= 0.3 is 0 Å². The lowest BCUT2D eigenvalue weighted by atomic mass is 10.1. The van der Waals surface area contributed by atoms with Crippen molar-refractivity contribution in [2.75, 3.05) is 14.1 Å². The Hall–Kier alpha value is -1.65. The van der Waals surface area contributed by atoms with E-state index >= 15 is 0 Å². The maximum atomic E-state index is 11.7. The van der Waals surface area contributed by atoms with Crippen LogP contribution in [0.1, 0.15) is 5.56 Å². The van der Waals surface area contributed by atoms with E-state index < -0.39 is 0 Å². The summed E-state index contributed by atoms with van der Waals surface area (Å²) in [6, 6.07) is 9.69. The SMILES string of the molecule is CN(C)NCc1cc2ccccc2[nH]c1=O. The molecular formula is C12H15N3O. The summed E-state index contributed by atoms with van der Waals surface area (Å²) < 4.78 is 0. The first kappa shape index (κ1) is 10.9. The molecule has 1 aromatic carbocycles. The van der Waals surface area contributed by atoms with Crippen LogP contribution in [0.5, 0.6) is 0 Å². The molecule has 84 valence electrons. The number of nitrogens with zero attached hydrogens (tertiary/aromatic N) is 1. The van der Waals surface area contributed by atoms with Crippen LogP contribution >= 0.6 is 0 Å². The fourth-order valence-electron chi connectivity index (χ4n) is 1.57. The van der Waals surface area contributed by atoms with E-state index in [0.717, 1.165) is 16.5 Å². The number of hydrogen-bond acceptors (Lipinski definition) is 3. The van der Waals surface area contributed by atoms with Crippen LogP contribution < -0.4 is 11.0 Å². The van der Waals surface area contributed by atoms with Crippen LogP contribution in [0.4, 0.5) is 0 Å². The second kappa shape index (κ2) is 4.47. The van der Waals surface area contributed by atoms with E-state index in [-0.39, 0.29) is 5.56 Å². The van der Waals surface area contributed by atoms with E-state index in [1.165, 1.54) is 0 Å². The van der Waals surface area contributed by atoms with Crippen molar-refractivity contribution >= 4 is 10.9 Å². The maximum Gasteiger partial charge on any atom is 0.252 e. The number of fused-ring (bicyclic) bond motifs is 1. The number of para-hydroxylation sites is 1. The fourth-order valence-corrected chi connectivity index (χ4v) is 1.57. The number of benzene rings is 1. The van der Waals surface area contributed by atoms with Gasteiger partial charge in [-0.3, -0.25) is 15.2 Å². The molecule has 2 N–H and O–H groups in total. The number of aromatic nitrogens is 1. The lowest BCUT2D eigenvalue weighted by Gasteiger charge is -2.11. The minimum absolute atomic E-state index is 0.0342. The Morgan fingerprint density at radius 2 is 2.06 bits per heavy atom. The van der Waals surface area contributed by atoms with Gasteiger partial charge in [0.1, 0.15) is 0 Å². The van der Waals surface area contributed by atoms with Crippen LogP contribution in [0.15, 0.2) is 35.1 Å². The summed E-state index contributed by atoms with van der Waals surface area (Å²) in [5.74, 6) is 0. The fraction of sp³-hybridized carbons (Fsp3) is 0.250. The standard InChI is InChI=1S/C12H15N3O/c1-15(2)13-8-10-7-9-5-3-4-6-11(9)14-12(10)16/h3-7,13H,8H2,1-2H3,(H,14,16). The molecule has 0 bridgehead atoms. The molecule has 2 rings (SSSR count). The van der Waals surface area contributed by atoms with E-state index in [2.05, 4.69) is 10.4 Å². The van der Waals surface area contributed by atoms with Crippen molar-refractivity contribution in [3.8, 4) is 0 Å². The second-order valence-electron chi connectivity index (χ2n) is 3.94. The number of aromatic amines is 1. The molecule has 4 heteroatoms. The first-order valence-corrected chi connectivity index (χ1v) is 5.18. The van der Waals surface area contributed by atoms with Crippen LogP contribution in [0.3, 0.4) is 0 Å². The molecule has 0 aliphatic carbocycles. The van der Waals surface area contributed by atoms with E-state index in [1.54, 1.807) is 0 Å². The molecule has 0 saturated carbocycles. The molecule has 0 aliphatic rings. The smallest absolute Gasteiger partial charge is 0.252 e. The molecule has 4 nitrogen and oxygen atoms in total. The number of nitrogens with one attached hydrogen (secondary N) is 2. The average molecular weight is 217 g/mol. The highest BCUT2D eigenvalue weighted by Gasteiger charge is 2.02. The summed E-state index contributed by atoms with van der Waals surface area (Å²) >= 11 is 0. The molecule has 0 spiro atoms. The molecule has 0 atom stereocenters. The van der Waals surface area contributed by atoms with Gasteiger partial charge in [-0.2, -0.15) is 0 Å². The molecule has 0 fully saturated rings. The lowest BCUT2D eigenvalue weighted by molar-refractivity contribution is 0.285. The predicted molar refractivity (Wildman–Crippen MR) is 65.1 cm³/mol. The predicted octanol–water partition coefficient (Wildman–Crippen LogP) is 1.09. The van der Waals surface area contributed by atoms with Gasteiger partial charge in [-0.15, -0.1) is 0 Å². The van der Waals surface area contributed by atoms with Crippen molar-refractivity contribution in [1.29, 1.82) is 0 Å². The molecule has 0 amide bonds. The maximum absolute atomic E-state index is 11.7. The summed E-state index contributed by atoms with van der Waals surface area (Å²) in [6.45, 7) is 0.535. The zero-order valence-corrected chi connectivity index (χ0v) is 9.45.